The summed E-state index contributed by atoms with van der Waals surface area (Å²) in [5.41, 5.74) is 1.05. The van der Waals surface area contributed by atoms with E-state index in [2.05, 4.69) is 18.7 Å². The number of nitro benzene ring substituents is 1. The van der Waals surface area contributed by atoms with Gasteiger partial charge in [-0.2, -0.15) is 0 Å². The number of benzene rings is 1. The van der Waals surface area contributed by atoms with Gasteiger partial charge in [0.05, 0.1) is 4.92 Å². The van der Waals surface area contributed by atoms with Crippen LogP contribution in [0.15, 0.2) is 24.3 Å². The number of unbranched alkanes of at least 4 members (excludes halogenated alkanes) is 4. The highest BCUT2D eigenvalue weighted by atomic mass is 16.6. The lowest BCUT2D eigenvalue weighted by Gasteiger charge is -2.05. The monoisotopic (exact) mass is 235 g/mol. The molecule has 93 valence electrons. The van der Waals surface area contributed by atoms with Crippen molar-refractivity contribution in [1.29, 1.82) is 0 Å². The van der Waals surface area contributed by atoms with Gasteiger partial charge in [-0.3, -0.25) is 10.1 Å². The van der Waals surface area contributed by atoms with Gasteiger partial charge in [0, 0.05) is 24.4 Å². The molecule has 0 aliphatic carbocycles. The third-order valence-corrected chi connectivity index (χ3v) is 2.54. The lowest BCUT2D eigenvalue weighted by atomic mass is 10.1. The maximum Gasteiger partial charge on any atom is 0.269 e. The zero-order valence-corrected chi connectivity index (χ0v) is 10.2. The highest BCUT2D eigenvalue weighted by Gasteiger charge is 2.02. The van der Waals surface area contributed by atoms with Crippen molar-refractivity contribution in [1.82, 2.24) is 0 Å². The van der Waals surface area contributed by atoms with Crippen molar-refractivity contribution < 1.29 is 4.92 Å². The normalized spacial score (nSPS) is 10.2. The molecule has 0 fully saturated rings. The van der Waals surface area contributed by atoms with Crippen molar-refractivity contribution in [2.24, 2.45) is 0 Å². The van der Waals surface area contributed by atoms with E-state index in [-0.39, 0.29) is 10.6 Å². The van der Waals surface area contributed by atoms with Crippen LogP contribution in [0.25, 0.3) is 0 Å². The van der Waals surface area contributed by atoms with Gasteiger partial charge in [0.15, 0.2) is 0 Å². The summed E-state index contributed by atoms with van der Waals surface area (Å²) in [5, 5.41) is 13.7. The summed E-state index contributed by atoms with van der Waals surface area (Å²) >= 11 is 0. The van der Waals surface area contributed by atoms with E-state index in [9.17, 15) is 10.1 Å². The Morgan fingerprint density at radius 2 is 2.00 bits per heavy atom. The molecule has 0 unspecified atom stereocenters. The van der Waals surface area contributed by atoms with Crippen LogP contribution in [0.2, 0.25) is 0 Å². The molecular weight excluding hydrogens is 216 g/mol. The summed E-state index contributed by atoms with van der Waals surface area (Å²) in [6.45, 7) is 3.00. The molecule has 4 heteroatoms. The molecule has 0 aliphatic rings. The van der Waals surface area contributed by atoms with Gasteiger partial charge in [-0.15, -0.1) is 0 Å². The second-order valence-electron chi connectivity index (χ2n) is 3.97. The molecule has 0 aliphatic heterocycles. The third-order valence-electron chi connectivity index (χ3n) is 2.54. The van der Waals surface area contributed by atoms with Gasteiger partial charge in [0.2, 0.25) is 0 Å². The number of nitrogens with zero attached hydrogens (tertiary/aromatic N) is 1. The maximum atomic E-state index is 10.5. The average Bonchev–Trinajstić information content (AvgIpc) is 2.34. The van der Waals surface area contributed by atoms with Crippen LogP contribution in [0, 0.1) is 16.5 Å². The molecule has 1 aromatic rings. The number of nitro groups is 1. The van der Waals surface area contributed by atoms with E-state index in [0.717, 1.165) is 18.7 Å². The van der Waals surface area contributed by atoms with Gasteiger partial charge in [-0.05, 0) is 25.0 Å². The summed E-state index contributed by atoms with van der Waals surface area (Å²) in [4.78, 5) is 10.1. The van der Waals surface area contributed by atoms with Crippen LogP contribution < -0.4 is 5.32 Å². The molecule has 0 spiro atoms. The van der Waals surface area contributed by atoms with Gasteiger partial charge < -0.3 is 5.32 Å². The summed E-state index contributed by atoms with van der Waals surface area (Å²) in [6, 6.07) is 6.49. The lowest BCUT2D eigenvalue weighted by molar-refractivity contribution is -0.384. The Labute approximate surface area is 102 Å². The molecule has 0 bridgehead atoms. The van der Waals surface area contributed by atoms with Gasteiger partial charge in [0.25, 0.3) is 5.69 Å². The molecule has 0 saturated carbocycles. The van der Waals surface area contributed by atoms with Crippen LogP contribution in [-0.4, -0.2) is 11.5 Å². The Balaban J connectivity index is 2.21. The standard InChI is InChI=1S/C13H19N2O2/c1-2-3-4-5-6-11-14-12-7-9-13(10-8-12)15(16)17/h6-10,14H,2-5,11H2,1H3. The van der Waals surface area contributed by atoms with Gasteiger partial charge >= 0.3 is 0 Å². The predicted octanol–water partition coefficient (Wildman–Crippen LogP) is 3.79. The van der Waals surface area contributed by atoms with E-state index in [1.807, 2.05) is 0 Å². The lowest BCUT2D eigenvalue weighted by Crippen LogP contribution is -2.02. The first kappa shape index (κ1) is 13.5. The molecule has 1 rings (SSSR count). The molecule has 0 atom stereocenters. The summed E-state index contributed by atoms with van der Waals surface area (Å²) in [6.07, 6.45) is 7.07. The highest BCUT2D eigenvalue weighted by molar-refractivity contribution is 5.48. The number of hydrogen-bond donors (Lipinski definition) is 1. The Morgan fingerprint density at radius 1 is 1.29 bits per heavy atom. The van der Waals surface area contributed by atoms with Gasteiger partial charge in [-0.25, -0.2) is 0 Å². The first-order chi connectivity index (χ1) is 8.24. The molecule has 0 aromatic heterocycles. The smallest absolute Gasteiger partial charge is 0.269 e. The fourth-order valence-electron chi connectivity index (χ4n) is 1.53. The average molecular weight is 235 g/mol. The van der Waals surface area contributed by atoms with Crippen LogP contribution in [-0.2, 0) is 0 Å². The molecule has 1 radical (unpaired) electrons. The van der Waals surface area contributed by atoms with Crippen molar-refractivity contribution in [2.45, 2.75) is 32.6 Å². The summed E-state index contributed by atoms with van der Waals surface area (Å²) in [5.74, 6) is 0. The Hall–Kier alpha value is -1.58. The molecule has 1 aromatic carbocycles. The minimum absolute atomic E-state index is 0.127. The SMILES string of the molecule is CCCCC[CH]CNc1ccc([N+](=O)[O-])cc1. The second kappa shape index (κ2) is 7.65. The van der Waals surface area contributed by atoms with Crippen molar-refractivity contribution in [3.63, 3.8) is 0 Å². The molecule has 1 N–H and O–H groups in total. The van der Waals surface area contributed by atoms with E-state index in [0.29, 0.717) is 0 Å². The molecule has 17 heavy (non-hydrogen) atoms. The van der Waals surface area contributed by atoms with E-state index in [1.165, 1.54) is 31.4 Å². The molecule has 4 nitrogen and oxygen atoms in total. The zero-order chi connectivity index (χ0) is 12.5. The number of hydrogen-bond acceptors (Lipinski definition) is 3. The third kappa shape index (κ3) is 5.33. The maximum absolute atomic E-state index is 10.5. The van der Waals surface area contributed by atoms with Crippen LogP contribution >= 0.6 is 0 Å². The van der Waals surface area contributed by atoms with Crippen LogP contribution in [0.4, 0.5) is 11.4 Å². The van der Waals surface area contributed by atoms with E-state index in [1.54, 1.807) is 12.1 Å². The van der Waals surface area contributed by atoms with Crippen molar-refractivity contribution >= 4 is 11.4 Å². The van der Waals surface area contributed by atoms with Crippen LogP contribution in [0.1, 0.15) is 32.6 Å². The van der Waals surface area contributed by atoms with Gasteiger partial charge in [0.1, 0.15) is 0 Å². The Kier molecular flexibility index (Phi) is 6.07. The number of non-ortho nitro benzene ring substituents is 1. The Bertz CT molecular complexity index is 336. The van der Waals surface area contributed by atoms with E-state index >= 15 is 0 Å². The fraction of sp³-hybridized carbons (Fsp3) is 0.462. The topological polar surface area (TPSA) is 55.2 Å². The van der Waals surface area contributed by atoms with Crippen LogP contribution in [0.5, 0.6) is 0 Å². The minimum Gasteiger partial charge on any atom is -0.385 e. The number of anilines is 1. The molecular formula is C13H19N2O2. The fourth-order valence-corrected chi connectivity index (χ4v) is 1.53. The van der Waals surface area contributed by atoms with Crippen molar-refractivity contribution in [2.75, 3.05) is 11.9 Å². The quantitative estimate of drug-likeness (QED) is 0.423. The summed E-state index contributed by atoms with van der Waals surface area (Å²) < 4.78 is 0. The molecule has 0 amide bonds. The minimum atomic E-state index is -0.388. The van der Waals surface area contributed by atoms with Gasteiger partial charge in [-0.1, -0.05) is 26.2 Å². The van der Waals surface area contributed by atoms with E-state index in [4.69, 9.17) is 0 Å². The second-order valence-corrected chi connectivity index (χ2v) is 3.97. The molecule has 0 heterocycles. The predicted molar refractivity (Wildman–Crippen MR) is 70.0 cm³/mol. The number of rotatable bonds is 8. The summed E-state index contributed by atoms with van der Waals surface area (Å²) in [7, 11) is 0. The largest absolute Gasteiger partial charge is 0.385 e. The first-order valence-electron chi connectivity index (χ1n) is 6.04. The highest BCUT2D eigenvalue weighted by Crippen LogP contribution is 2.15. The Morgan fingerprint density at radius 3 is 2.59 bits per heavy atom. The first-order valence-corrected chi connectivity index (χ1v) is 6.04. The number of nitrogens with one attached hydrogen (secondary N) is 1. The van der Waals surface area contributed by atoms with E-state index < -0.39 is 0 Å². The molecule has 0 saturated heterocycles. The van der Waals surface area contributed by atoms with Crippen molar-refractivity contribution in [3.05, 3.63) is 40.8 Å². The zero-order valence-electron chi connectivity index (χ0n) is 10.2. The van der Waals surface area contributed by atoms with Crippen molar-refractivity contribution in [3.8, 4) is 0 Å². The van der Waals surface area contributed by atoms with Crippen LogP contribution in [0.3, 0.4) is 0 Å².